The Morgan fingerprint density at radius 2 is 2.00 bits per heavy atom. The quantitative estimate of drug-likeness (QED) is 0.330. The van der Waals surface area contributed by atoms with E-state index in [0.717, 1.165) is 18.4 Å². The monoisotopic (exact) mass is 283 g/mol. The number of carbonyl (C=O) groups excluding carboxylic acids is 1. The van der Waals surface area contributed by atoms with E-state index in [0.29, 0.717) is 12.0 Å². The van der Waals surface area contributed by atoms with Crippen LogP contribution in [0.1, 0.15) is 31.7 Å². The van der Waals surface area contributed by atoms with E-state index >= 15 is 0 Å². The molecule has 0 radical (unpaired) electrons. The Hall–Kier alpha value is -2.60. The molecule has 0 saturated heterocycles. The molecular formula is C18H21NO2. The summed E-state index contributed by atoms with van der Waals surface area (Å²) in [5, 5.41) is 7.51. The van der Waals surface area contributed by atoms with Crippen LogP contribution < -0.4 is 0 Å². The second-order valence-electron chi connectivity index (χ2n) is 4.16. The molecule has 0 spiro atoms. The molecule has 0 aliphatic carbocycles. The van der Waals surface area contributed by atoms with E-state index in [1.807, 2.05) is 30.3 Å². The molecule has 0 aromatic heterocycles. The molecule has 3 heteroatoms. The fraction of sp³-hybridized carbons (Fsp3) is 0.222. The molecule has 3 nitrogen and oxygen atoms in total. The zero-order valence-electron chi connectivity index (χ0n) is 12.4. The Morgan fingerprint density at radius 1 is 1.38 bits per heavy atom. The fourth-order valence-corrected chi connectivity index (χ4v) is 1.31. The van der Waals surface area contributed by atoms with E-state index in [9.17, 15) is 4.79 Å². The summed E-state index contributed by atoms with van der Waals surface area (Å²) in [6.07, 6.45) is 7.07. The molecule has 1 aromatic carbocycles. The molecule has 0 aliphatic rings. The van der Waals surface area contributed by atoms with Crippen LogP contribution in [0, 0.1) is 11.3 Å². The van der Waals surface area contributed by atoms with E-state index in [1.165, 1.54) is 12.3 Å². The van der Waals surface area contributed by atoms with Crippen LogP contribution in [0.2, 0.25) is 0 Å². The molecule has 1 rings (SSSR count). The second-order valence-corrected chi connectivity index (χ2v) is 4.16. The van der Waals surface area contributed by atoms with Gasteiger partial charge in [0, 0.05) is 11.6 Å². The van der Waals surface area contributed by atoms with Crippen LogP contribution in [0.3, 0.4) is 0 Å². The van der Waals surface area contributed by atoms with Crippen LogP contribution in [0.25, 0.3) is 6.08 Å². The lowest BCUT2D eigenvalue weighted by Gasteiger charge is -2.01. The normalized spacial score (nSPS) is 9.14. The lowest BCUT2D eigenvalue weighted by atomic mass is 10.1. The van der Waals surface area contributed by atoms with Crippen molar-refractivity contribution in [2.45, 2.75) is 26.2 Å². The van der Waals surface area contributed by atoms with Gasteiger partial charge in [0.2, 0.25) is 0 Å². The van der Waals surface area contributed by atoms with Crippen LogP contribution in [0.15, 0.2) is 61.4 Å². The van der Waals surface area contributed by atoms with Gasteiger partial charge in [0.05, 0.1) is 12.3 Å². The van der Waals surface area contributed by atoms with Gasteiger partial charge in [-0.2, -0.15) is 5.26 Å². The van der Waals surface area contributed by atoms with Gasteiger partial charge in [-0.05, 0) is 24.5 Å². The second kappa shape index (κ2) is 12.4. The number of nitrogens with zero attached hydrogens (tertiary/aromatic N) is 1. The molecule has 0 aliphatic heterocycles. The number of hydrogen-bond donors (Lipinski definition) is 0. The Bertz CT molecular complexity index is 510. The summed E-state index contributed by atoms with van der Waals surface area (Å²) in [4.78, 5) is 11.5. The van der Waals surface area contributed by atoms with Crippen molar-refractivity contribution in [3.05, 3.63) is 67.0 Å². The van der Waals surface area contributed by atoms with Crippen molar-refractivity contribution in [2.75, 3.05) is 0 Å². The minimum absolute atomic E-state index is 0.342. The van der Waals surface area contributed by atoms with E-state index in [2.05, 4.69) is 20.1 Å². The van der Waals surface area contributed by atoms with Crippen molar-refractivity contribution in [1.29, 1.82) is 5.26 Å². The molecule has 1 aromatic rings. The van der Waals surface area contributed by atoms with E-state index in [-0.39, 0.29) is 5.97 Å². The van der Waals surface area contributed by atoms with Gasteiger partial charge in [-0.3, -0.25) is 0 Å². The minimum atomic E-state index is -0.342. The fourth-order valence-electron chi connectivity index (χ4n) is 1.31. The van der Waals surface area contributed by atoms with E-state index in [1.54, 1.807) is 12.1 Å². The molecule has 0 fully saturated rings. The first-order valence-corrected chi connectivity index (χ1v) is 6.76. The van der Waals surface area contributed by atoms with Crippen molar-refractivity contribution >= 4 is 12.0 Å². The maximum atomic E-state index is 11.5. The zero-order valence-corrected chi connectivity index (χ0v) is 12.4. The largest absolute Gasteiger partial charge is 0.431 e. The van der Waals surface area contributed by atoms with Gasteiger partial charge in [0.15, 0.2) is 0 Å². The number of unbranched alkanes of at least 4 members (excludes halogenated alkanes) is 1. The third-order valence-electron chi connectivity index (χ3n) is 2.45. The first kappa shape index (κ1) is 18.4. The van der Waals surface area contributed by atoms with Gasteiger partial charge < -0.3 is 4.74 Å². The summed E-state index contributed by atoms with van der Waals surface area (Å²) >= 11 is 0. The third-order valence-corrected chi connectivity index (χ3v) is 2.45. The number of rotatable bonds is 6. The molecule has 110 valence electrons. The minimum Gasteiger partial charge on any atom is -0.431 e. The van der Waals surface area contributed by atoms with Crippen LogP contribution in [0.4, 0.5) is 0 Å². The molecule has 0 bridgehead atoms. The van der Waals surface area contributed by atoms with Gasteiger partial charge in [-0.25, -0.2) is 4.79 Å². The molecule has 0 unspecified atom stereocenters. The third kappa shape index (κ3) is 9.92. The molecular weight excluding hydrogens is 262 g/mol. The van der Waals surface area contributed by atoms with Gasteiger partial charge in [-0.15, -0.1) is 0 Å². The number of nitriles is 1. The molecule has 21 heavy (non-hydrogen) atoms. The number of ether oxygens (including phenoxy) is 1. The highest BCUT2D eigenvalue weighted by atomic mass is 16.5. The Kier molecular flexibility index (Phi) is 10.9. The summed E-state index contributed by atoms with van der Waals surface area (Å²) in [7, 11) is 0. The molecule has 0 atom stereocenters. The highest BCUT2D eigenvalue weighted by molar-refractivity contribution is 5.88. The Labute approximate surface area is 126 Å². The number of allylic oxidation sites excluding steroid dienone is 1. The van der Waals surface area contributed by atoms with E-state index < -0.39 is 0 Å². The summed E-state index contributed by atoms with van der Waals surface area (Å²) in [6, 6.07) is 11.4. The van der Waals surface area contributed by atoms with Crippen LogP contribution in [-0.2, 0) is 9.53 Å². The van der Waals surface area contributed by atoms with Crippen LogP contribution in [0.5, 0.6) is 0 Å². The number of esters is 1. The highest BCUT2D eigenvalue weighted by Crippen LogP contribution is 2.08. The summed E-state index contributed by atoms with van der Waals surface area (Å²) in [5.41, 5.74) is 1.53. The topological polar surface area (TPSA) is 50.1 Å². The van der Waals surface area contributed by atoms with Crippen molar-refractivity contribution < 1.29 is 9.53 Å². The first-order valence-electron chi connectivity index (χ1n) is 6.76. The van der Waals surface area contributed by atoms with Crippen molar-refractivity contribution in [3.8, 4) is 6.07 Å². The molecule has 0 saturated carbocycles. The maximum absolute atomic E-state index is 11.5. The Balaban J connectivity index is 0.000000885. The van der Waals surface area contributed by atoms with Crippen molar-refractivity contribution in [1.82, 2.24) is 0 Å². The van der Waals surface area contributed by atoms with Gasteiger partial charge in [0.25, 0.3) is 0 Å². The zero-order chi connectivity index (χ0) is 15.9. The first-order chi connectivity index (χ1) is 10.2. The predicted molar refractivity (Wildman–Crippen MR) is 86.0 cm³/mol. The van der Waals surface area contributed by atoms with Crippen LogP contribution >= 0.6 is 0 Å². The maximum Gasteiger partial charge on any atom is 0.338 e. The number of benzene rings is 1. The highest BCUT2D eigenvalue weighted by Gasteiger charge is 2.05. The van der Waals surface area contributed by atoms with Gasteiger partial charge in [-0.1, -0.05) is 56.8 Å². The summed E-state index contributed by atoms with van der Waals surface area (Å²) < 4.78 is 4.99. The van der Waals surface area contributed by atoms with Gasteiger partial charge >= 0.3 is 5.97 Å². The number of carbonyl (C=O) groups is 1. The lowest BCUT2D eigenvalue weighted by molar-refractivity contribution is -0.133. The smallest absolute Gasteiger partial charge is 0.338 e. The standard InChI is InChI=1S/C15H18O2.C3H3N/c1-3-4-8-13(2)15(16)17-12-11-14-9-6-5-7-10-14;1-2-3-4/h5-7,9-12H,2-4,8H2,1H3;2H,1H2. The summed E-state index contributed by atoms with van der Waals surface area (Å²) in [5.74, 6) is -0.342. The van der Waals surface area contributed by atoms with Crippen LogP contribution in [-0.4, -0.2) is 5.97 Å². The SMILES string of the molecule is C=C(CCCC)C(=O)OC=Cc1ccccc1.C=CC#N. The molecule has 0 amide bonds. The Morgan fingerprint density at radius 3 is 2.52 bits per heavy atom. The molecule has 0 N–H and O–H groups in total. The average Bonchev–Trinajstić information content (AvgIpc) is 2.53. The average molecular weight is 283 g/mol. The lowest BCUT2D eigenvalue weighted by Crippen LogP contribution is -2.02. The van der Waals surface area contributed by atoms with E-state index in [4.69, 9.17) is 10.00 Å². The van der Waals surface area contributed by atoms with Crippen molar-refractivity contribution in [2.24, 2.45) is 0 Å². The van der Waals surface area contributed by atoms with Crippen molar-refractivity contribution in [3.63, 3.8) is 0 Å². The summed E-state index contributed by atoms with van der Waals surface area (Å²) in [6.45, 7) is 8.90. The predicted octanol–water partition coefficient (Wildman–Crippen LogP) is 4.64. The molecule has 0 heterocycles. The van der Waals surface area contributed by atoms with Gasteiger partial charge in [0.1, 0.15) is 0 Å². The number of hydrogen-bond acceptors (Lipinski definition) is 3.